The monoisotopic (exact) mass is 333 g/mol. The predicted molar refractivity (Wildman–Crippen MR) is 82.1 cm³/mol. The minimum Gasteiger partial charge on any atom is -0.496 e. The fraction of sp³-hybridized carbons (Fsp3) is 0.250. The first-order chi connectivity index (χ1) is 9.69. The zero-order chi connectivity index (χ0) is 14.1. The lowest BCUT2D eigenvalue weighted by molar-refractivity contribution is 0.158. The number of hydrogen-bond donors (Lipinski definition) is 1. The number of methoxy groups -OCH3 is 1. The van der Waals surface area contributed by atoms with Crippen molar-refractivity contribution in [1.29, 1.82) is 0 Å². The van der Waals surface area contributed by atoms with E-state index in [1.165, 1.54) is 0 Å². The van der Waals surface area contributed by atoms with Crippen LogP contribution in [0.5, 0.6) is 11.5 Å². The summed E-state index contributed by atoms with van der Waals surface area (Å²) in [5, 5.41) is 0. The van der Waals surface area contributed by atoms with Gasteiger partial charge < -0.3 is 15.2 Å². The highest BCUT2D eigenvalue weighted by Gasteiger charge is 2.28. The molecule has 104 valence electrons. The molecule has 0 fully saturated rings. The molecule has 1 aliphatic heterocycles. The number of nitrogens with two attached hydrogens (primary N) is 1. The number of fused-ring (bicyclic) bond motifs is 1. The van der Waals surface area contributed by atoms with Crippen LogP contribution in [0.1, 0.15) is 29.7 Å². The Labute approximate surface area is 126 Å². The Morgan fingerprint density at radius 3 is 2.80 bits per heavy atom. The molecule has 2 atom stereocenters. The van der Waals surface area contributed by atoms with Crippen molar-refractivity contribution in [2.75, 3.05) is 7.11 Å². The van der Waals surface area contributed by atoms with Gasteiger partial charge >= 0.3 is 0 Å². The van der Waals surface area contributed by atoms with E-state index in [1.54, 1.807) is 7.11 Å². The molecular formula is C16H16BrNO2. The van der Waals surface area contributed by atoms with Gasteiger partial charge in [0.25, 0.3) is 0 Å². The van der Waals surface area contributed by atoms with Gasteiger partial charge in [-0.25, -0.2) is 0 Å². The zero-order valence-corrected chi connectivity index (χ0v) is 12.8. The third kappa shape index (κ3) is 2.41. The van der Waals surface area contributed by atoms with Crippen LogP contribution in [0.15, 0.2) is 46.9 Å². The molecule has 2 N–H and O–H groups in total. The first-order valence-electron chi connectivity index (χ1n) is 6.53. The van der Waals surface area contributed by atoms with Crippen molar-refractivity contribution < 1.29 is 9.47 Å². The van der Waals surface area contributed by atoms with E-state index < -0.39 is 0 Å². The number of hydrogen-bond acceptors (Lipinski definition) is 3. The SMILES string of the molecule is COc1ccccc1C1CC(N)c2ccc(Br)cc2O1. The number of benzene rings is 2. The third-order valence-corrected chi connectivity index (χ3v) is 4.09. The Morgan fingerprint density at radius 1 is 1.20 bits per heavy atom. The fourth-order valence-corrected chi connectivity index (χ4v) is 2.94. The maximum Gasteiger partial charge on any atom is 0.129 e. The van der Waals surface area contributed by atoms with Crippen LogP contribution in [0.25, 0.3) is 0 Å². The van der Waals surface area contributed by atoms with Gasteiger partial charge in [0.15, 0.2) is 0 Å². The van der Waals surface area contributed by atoms with Crippen molar-refractivity contribution >= 4 is 15.9 Å². The fourth-order valence-electron chi connectivity index (χ4n) is 2.60. The van der Waals surface area contributed by atoms with Crippen LogP contribution in [-0.4, -0.2) is 7.11 Å². The number of halogens is 1. The molecule has 2 unspecified atom stereocenters. The molecule has 4 heteroatoms. The lowest BCUT2D eigenvalue weighted by Gasteiger charge is -2.31. The largest absolute Gasteiger partial charge is 0.496 e. The van der Waals surface area contributed by atoms with Gasteiger partial charge in [-0.1, -0.05) is 40.2 Å². The molecule has 0 spiro atoms. The molecule has 0 amide bonds. The number of ether oxygens (including phenoxy) is 2. The lowest BCUT2D eigenvalue weighted by Crippen LogP contribution is -2.24. The molecule has 3 rings (SSSR count). The van der Waals surface area contributed by atoms with Crippen LogP contribution >= 0.6 is 15.9 Å². The Bertz CT molecular complexity index is 630. The van der Waals surface area contributed by atoms with Crippen LogP contribution in [0.2, 0.25) is 0 Å². The summed E-state index contributed by atoms with van der Waals surface area (Å²) < 4.78 is 12.5. The van der Waals surface area contributed by atoms with Crippen molar-refractivity contribution in [1.82, 2.24) is 0 Å². The van der Waals surface area contributed by atoms with Crippen LogP contribution in [0, 0.1) is 0 Å². The van der Waals surface area contributed by atoms with Crippen molar-refractivity contribution in [2.24, 2.45) is 5.73 Å². The number of rotatable bonds is 2. The molecule has 0 bridgehead atoms. The molecule has 1 aliphatic rings. The van der Waals surface area contributed by atoms with E-state index in [-0.39, 0.29) is 12.1 Å². The minimum absolute atomic E-state index is 0.0261. The second kappa shape index (κ2) is 5.46. The van der Waals surface area contributed by atoms with Gasteiger partial charge in [0, 0.05) is 28.1 Å². The van der Waals surface area contributed by atoms with Crippen LogP contribution in [0.4, 0.5) is 0 Å². The van der Waals surface area contributed by atoms with Crippen molar-refractivity contribution in [3.05, 3.63) is 58.1 Å². The quantitative estimate of drug-likeness (QED) is 0.903. The molecule has 2 aromatic rings. The molecule has 0 saturated heterocycles. The standard InChI is InChI=1S/C16H16BrNO2/c1-19-14-5-3-2-4-12(14)16-9-13(18)11-7-6-10(17)8-15(11)20-16/h2-8,13,16H,9,18H2,1H3. The molecule has 2 aromatic carbocycles. The highest BCUT2D eigenvalue weighted by Crippen LogP contribution is 2.42. The highest BCUT2D eigenvalue weighted by molar-refractivity contribution is 9.10. The molecule has 0 saturated carbocycles. The second-order valence-electron chi connectivity index (χ2n) is 4.87. The minimum atomic E-state index is -0.0806. The van der Waals surface area contributed by atoms with E-state index in [0.717, 1.165) is 33.5 Å². The zero-order valence-electron chi connectivity index (χ0n) is 11.2. The number of para-hydroxylation sites is 1. The van der Waals surface area contributed by atoms with E-state index in [2.05, 4.69) is 15.9 Å². The van der Waals surface area contributed by atoms with Gasteiger partial charge in [0.05, 0.1) is 7.11 Å². The summed E-state index contributed by atoms with van der Waals surface area (Å²) in [6, 6.07) is 13.9. The molecule has 1 heterocycles. The Morgan fingerprint density at radius 2 is 2.00 bits per heavy atom. The van der Waals surface area contributed by atoms with Gasteiger partial charge in [-0.3, -0.25) is 0 Å². The van der Waals surface area contributed by atoms with Gasteiger partial charge in [-0.05, 0) is 18.2 Å². The highest BCUT2D eigenvalue weighted by atomic mass is 79.9. The summed E-state index contributed by atoms with van der Waals surface area (Å²) in [6.07, 6.45) is 0.664. The van der Waals surface area contributed by atoms with Gasteiger partial charge in [-0.2, -0.15) is 0 Å². The Balaban J connectivity index is 1.98. The van der Waals surface area contributed by atoms with Crippen molar-refractivity contribution in [3.63, 3.8) is 0 Å². The normalized spacial score (nSPS) is 20.9. The van der Waals surface area contributed by atoms with E-state index in [9.17, 15) is 0 Å². The smallest absolute Gasteiger partial charge is 0.129 e. The van der Waals surface area contributed by atoms with Crippen molar-refractivity contribution in [3.8, 4) is 11.5 Å². The summed E-state index contributed by atoms with van der Waals surface area (Å²) in [5.41, 5.74) is 8.37. The first kappa shape index (κ1) is 13.5. The van der Waals surface area contributed by atoms with Gasteiger partial charge in [-0.15, -0.1) is 0 Å². The summed E-state index contributed by atoms with van der Waals surface area (Å²) in [6.45, 7) is 0. The molecule has 0 aliphatic carbocycles. The third-order valence-electron chi connectivity index (χ3n) is 3.60. The lowest BCUT2D eigenvalue weighted by atomic mass is 9.93. The van der Waals surface area contributed by atoms with Gasteiger partial charge in [0.2, 0.25) is 0 Å². The summed E-state index contributed by atoms with van der Waals surface area (Å²) in [5.74, 6) is 1.68. The van der Waals surface area contributed by atoms with E-state index in [4.69, 9.17) is 15.2 Å². The molecule has 20 heavy (non-hydrogen) atoms. The molecule has 0 radical (unpaired) electrons. The van der Waals surface area contributed by atoms with Crippen molar-refractivity contribution in [2.45, 2.75) is 18.6 Å². The molecule has 3 nitrogen and oxygen atoms in total. The van der Waals surface area contributed by atoms with Crippen LogP contribution < -0.4 is 15.2 Å². The maximum atomic E-state index is 6.28. The average molecular weight is 334 g/mol. The molecule has 0 aromatic heterocycles. The van der Waals surface area contributed by atoms with E-state index in [1.807, 2.05) is 42.5 Å². The molecular weight excluding hydrogens is 318 g/mol. The average Bonchev–Trinajstić information content (AvgIpc) is 2.46. The summed E-state index contributed by atoms with van der Waals surface area (Å²) in [7, 11) is 1.67. The predicted octanol–water partition coefficient (Wildman–Crippen LogP) is 3.98. The van der Waals surface area contributed by atoms with Crippen LogP contribution in [-0.2, 0) is 0 Å². The topological polar surface area (TPSA) is 44.5 Å². The van der Waals surface area contributed by atoms with Gasteiger partial charge in [0.1, 0.15) is 17.6 Å². The van der Waals surface area contributed by atoms with E-state index >= 15 is 0 Å². The Kier molecular flexibility index (Phi) is 3.68. The second-order valence-corrected chi connectivity index (χ2v) is 5.79. The summed E-state index contributed by atoms with van der Waals surface area (Å²) in [4.78, 5) is 0. The Hall–Kier alpha value is -1.52. The van der Waals surface area contributed by atoms with Crippen LogP contribution in [0.3, 0.4) is 0 Å². The first-order valence-corrected chi connectivity index (χ1v) is 7.33. The maximum absolute atomic E-state index is 6.28. The summed E-state index contributed by atoms with van der Waals surface area (Å²) >= 11 is 3.47. The van der Waals surface area contributed by atoms with E-state index in [0.29, 0.717) is 0 Å².